The topological polar surface area (TPSA) is 39.4 Å². The number of nitrogens with zero attached hydrogens (tertiary/aromatic N) is 3. The molecule has 1 atom stereocenters. The van der Waals surface area contributed by atoms with E-state index in [-0.39, 0.29) is 5.02 Å². The van der Waals surface area contributed by atoms with Crippen molar-refractivity contribution in [2.45, 2.75) is 19.8 Å². The molecule has 0 fully saturated rings. The molecule has 25 heavy (non-hydrogen) atoms. The van der Waals surface area contributed by atoms with E-state index in [1.165, 1.54) is 12.1 Å². The van der Waals surface area contributed by atoms with Crippen molar-refractivity contribution in [2.24, 2.45) is 4.99 Å². The second-order valence-corrected chi connectivity index (χ2v) is 6.53. The first-order valence-electron chi connectivity index (χ1n) is 7.76. The standard InChI is InChI=1S/C19H18Cl2FN3/c1-4-25(3)11-24-19-7-12(2)14(9-17(19)21)15(10-23)13-5-6-18(22)16(20)8-13/h5-9,11,15H,4H2,1-3H3/b24-11-. The normalized spacial score (nSPS) is 12.2. The van der Waals surface area contributed by atoms with Crippen LogP contribution in [0.2, 0.25) is 10.0 Å². The molecule has 130 valence electrons. The molecule has 0 bridgehead atoms. The maximum absolute atomic E-state index is 13.4. The average Bonchev–Trinajstić information content (AvgIpc) is 2.59. The Morgan fingerprint density at radius 2 is 2.00 bits per heavy atom. The lowest BCUT2D eigenvalue weighted by Gasteiger charge is -2.15. The van der Waals surface area contributed by atoms with Crippen molar-refractivity contribution < 1.29 is 4.39 Å². The van der Waals surface area contributed by atoms with E-state index in [9.17, 15) is 9.65 Å². The van der Waals surface area contributed by atoms with Gasteiger partial charge in [0.2, 0.25) is 0 Å². The molecule has 0 saturated heterocycles. The Balaban J connectivity index is 2.44. The van der Waals surface area contributed by atoms with Gasteiger partial charge in [-0.3, -0.25) is 0 Å². The minimum Gasteiger partial charge on any atom is -0.366 e. The largest absolute Gasteiger partial charge is 0.366 e. The van der Waals surface area contributed by atoms with Gasteiger partial charge < -0.3 is 4.90 Å². The molecule has 0 heterocycles. The van der Waals surface area contributed by atoms with Crippen molar-refractivity contribution in [1.82, 2.24) is 4.90 Å². The van der Waals surface area contributed by atoms with Gasteiger partial charge in [-0.2, -0.15) is 5.26 Å². The van der Waals surface area contributed by atoms with Crippen molar-refractivity contribution in [3.63, 3.8) is 0 Å². The first-order chi connectivity index (χ1) is 11.9. The van der Waals surface area contributed by atoms with E-state index in [0.29, 0.717) is 16.3 Å². The van der Waals surface area contributed by atoms with Gasteiger partial charge in [0.15, 0.2) is 0 Å². The first-order valence-corrected chi connectivity index (χ1v) is 8.52. The summed E-state index contributed by atoms with van der Waals surface area (Å²) in [6, 6.07) is 10.1. The summed E-state index contributed by atoms with van der Waals surface area (Å²) in [4.78, 5) is 6.31. The average molecular weight is 378 g/mol. The quantitative estimate of drug-likeness (QED) is 0.494. The van der Waals surface area contributed by atoms with Crippen LogP contribution < -0.4 is 0 Å². The van der Waals surface area contributed by atoms with Crippen LogP contribution in [-0.2, 0) is 0 Å². The minimum atomic E-state index is -0.591. The predicted octanol–water partition coefficient (Wildman–Crippen LogP) is 5.71. The highest BCUT2D eigenvalue weighted by atomic mass is 35.5. The highest BCUT2D eigenvalue weighted by molar-refractivity contribution is 6.33. The van der Waals surface area contributed by atoms with E-state index >= 15 is 0 Å². The summed E-state index contributed by atoms with van der Waals surface area (Å²) in [5, 5.41) is 10.1. The summed E-state index contributed by atoms with van der Waals surface area (Å²) in [7, 11) is 1.92. The van der Waals surface area contributed by atoms with Crippen LogP contribution in [0.1, 0.15) is 29.5 Å². The van der Waals surface area contributed by atoms with Crippen molar-refractivity contribution in [3.05, 3.63) is 62.9 Å². The van der Waals surface area contributed by atoms with Crippen molar-refractivity contribution >= 4 is 35.2 Å². The molecule has 2 aromatic rings. The molecule has 3 nitrogen and oxygen atoms in total. The van der Waals surface area contributed by atoms with Gasteiger partial charge in [0, 0.05) is 13.6 Å². The fraction of sp³-hybridized carbons (Fsp3) is 0.263. The molecule has 2 aromatic carbocycles. The molecule has 0 aliphatic rings. The lowest BCUT2D eigenvalue weighted by molar-refractivity contribution is 0.552. The van der Waals surface area contributed by atoms with Crippen LogP contribution in [0.25, 0.3) is 0 Å². The zero-order valence-corrected chi connectivity index (χ0v) is 15.7. The van der Waals surface area contributed by atoms with Crippen LogP contribution in [0.4, 0.5) is 10.1 Å². The Bertz CT molecular complexity index is 843. The summed E-state index contributed by atoms with van der Waals surface area (Å²) in [6.45, 7) is 4.75. The molecular formula is C19H18Cl2FN3. The van der Waals surface area contributed by atoms with E-state index in [4.69, 9.17) is 23.2 Å². The first kappa shape index (κ1) is 19.2. The van der Waals surface area contributed by atoms with Gasteiger partial charge in [-0.1, -0.05) is 29.3 Å². The number of nitriles is 1. The third kappa shape index (κ3) is 4.50. The van der Waals surface area contributed by atoms with Crippen LogP contribution in [0.3, 0.4) is 0 Å². The summed E-state index contributed by atoms with van der Waals surface area (Å²) in [5.41, 5.74) is 2.88. The van der Waals surface area contributed by atoms with Crippen molar-refractivity contribution in [2.75, 3.05) is 13.6 Å². The van der Waals surface area contributed by atoms with Gasteiger partial charge in [-0.05, 0) is 54.8 Å². The molecule has 0 aromatic heterocycles. The van der Waals surface area contributed by atoms with Gasteiger partial charge in [-0.15, -0.1) is 0 Å². The highest BCUT2D eigenvalue weighted by Gasteiger charge is 2.19. The van der Waals surface area contributed by atoms with Crippen LogP contribution in [0.5, 0.6) is 0 Å². The van der Waals surface area contributed by atoms with Gasteiger partial charge in [-0.25, -0.2) is 9.38 Å². The predicted molar refractivity (Wildman–Crippen MR) is 102 cm³/mol. The van der Waals surface area contributed by atoms with Crippen molar-refractivity contribution in [3.8, 4) is 6.07 Å². The number of benzene rings is 2. The Hall–Kier alpha value is -2.09. The van der Waals surface area contributed by atoms with Crippen LogP contribution in [-0.4, -0.2) is 24.8 Å². The van der Waals surface area contributed by atoms with E-state index in [0.717, 1.165) is 17.7 Å². The maximum atomic E-state index is 13.4. The van der Waals surface area contributed by atoms with E-state index in [2.05, 4.69) is 11.1 Å². The number of aryl methyl sites for hydroxylation is 1. The lowest BCUT2D eigenvalue weighted by atomic mass is 9.89. The van der Waals surface area contributed by atoms with Gasteiger partial charge in [0.05, 0.1) is 34.1 Å². The maximum Gasteiger partial charge on any atom is 0.141 e. The number of aliphatic imine (C=N–C) groups is 1. The highest BCUT2D eigenvalue weighted by Crippen LogP contribution is 2.35. The smallest absolute Gasteiger partial charge is 0.141 e. The molecule has 2 rings (SSSR count). The van der Waals surface area contributed by atoms with Gasteiger partial charge in [0.25, 0.3) is 0 Å². The summed E-state index contributed by atoms with van der Waals surface area (Å²) >= 11 is 12.2. The molecule has 1 unspecified atom stereocenters. The molecule has 6 heteroatoms. The van der Waals surface area contributed by atoms with E-state index in [1.54, 1.807) is 18.5 Å². The molecular weight excluding hydrogens is 360 g/mol. The number of hydrogen-bond donors (Lipinski definition) is 0. The second-order valence-electron chi connectivity index (χ2n) is 5.71. The molecule has 0 radical (unpaired) electrons. The van der Waals surface area contributed by atoms with E-state index in [1.807, 2.05) is 31.9 Å². The molecule has 0 amide bonds. The van der Waals surface area contributed by atoms with Crippen molar-refractivity contribution in [1.29, 1.82) is 5.26 Å². The van der Waals surface area contributed by atoms with E-state index < -0.39 is 11.7 Å². The molecule has 0 saturated carbocycles. The Labute approximate surface area is 157 Å². The number of halogens is 3. The zero-order chi connectivity index (χ0) is 18.6. The monoisotopic (exact) mass is 377 g/mol. The SMILES string of the molecule is CCN(C)/C=N\c1cc(C)c(C(C#N)c2ccc(F)c(Cl)c2)cc1Cl. The van der Waals surface area contributed by atoms with Gasteiger partial charge in [0.1, 0.15) is 5.82 Å². The third-order valence-electron chi connectivity index (χ3n) is 3.95. The second kappa shape index (κ2) is 8.33. The molecule has 0 aliphatic heterocycles. The molecule has 0 spiro atoms. The molecule has 0 aliphatic carbocycles. The van der Waals surface area contributed by atoms with Crippen LogP contribution in [0, 0.1) is 24.1 Å². The summed E-state index contributed by atoms with van der Waals surface area (Å²) in [6.07, 6.45) is 1.71. The minimum absolute atomic E-state index is 0.00896. The summed E-state index contributed by atoms with van der Waals surface area (Å²) < 4.78 is 13.4. The lowest BCUT2D eigenvalue weighted by Crippen LogP contribution is -2.14. The Kier molecular flexibility index (Phi) is 6.41. The third-order valence-corrected chi connectivity index (χ3v) is 4.54. The fourth-order valence-corrected chi connectivity index (χ4v) is 2.76. The summed E-state index contributed by atoms with van der Waals surface area (Å²) in [5.74, 6) is -1.10. The van der Waals surface area contributed by atoms with Crippen LogP contribution in [0.15, 0.2) is 35.3 Å². The van der Waals surface area contributed by atoms with Gasteiger partial charge >= 0.3 is 0 Å². The number of rotatable bonds is 5. The molecule has 0 N–H and O–H groups in total. The Morgan fingerprint density at radius 3 is 2.60 bits per heavy atom. The zero-order valence-electron chi connectivity index (χ0n) is 14.2. The Morgan fingerprint density at radius 1 is 1.28 bits per heavy atom. The van der Waals surface area contributed by atoms with Crippen LogP contribution >= 0.6 is 23.2 Å². The fourth-order valence-electron chi connectivity index (χ4n) is 2.35. The number of hydrogen-bond acceptors (Lipinski definition) is 2.